The Kier molecular flexibility index (Phi) is 4.01. The van der Waals surface area contributed by atoms with Crippen LogP contribution < -0.4 is 4.90 Å². The van der Waals surface area contributed by atoms with Crippen molar-refractivity contribution in [1.82, 2.24) is 0 Å². The van der Waals surface area contributed by atoms with Crippen LogP contribution in [0.15, 0.2) is 54.1 Å². The smallest absolute Gasteiger partial charge is 0.261 e. The molecule has 2 amide bonds. The Balaban J connectivity index is 1.96. The summed E-state index contributed by atoms with van der Waals surface area (Å²) in [6, 6.07) is 13.9. The molecule has 0 aromatic heterocycles. The zero-order valence-corrected chi connectivity index (χ0v) is 12.9. The van der Waals surface area contributed by atoms with Crippen LogP contribution in [0.4, 0.5) is 5.69 Å². The van der Waals surface area contributed by atoms with Gasteiger partial charge in [-0.05, 0) is 35.9 Å². The molecule has 3 rings (SSSR count). The number of rotatable bonds is 2. The van der Waals surface area contributed by atoms with Crippen LogP contribution in [0.3, 0.4) is 0 Å². The van der Waals surface area contributed by atoms with Gasteiger partial charge in [-0.3, -0.25) is 9.59 Å². The van der Waals surface area contributed by atoms with E-state index >= 15 is 0 Å². The molecule has 22 heavy (non-hydrogen) atoms. The van der Waals surface area contributed by atoms with E-state index in [1.165, 1.54) is 4.90 Å². The van der Waals surface area contributed by atoms with Crippen molar-refractivity contribution in [1.29, 1.82) is 0 Å². The number of hydrogen-bond acceptors (Lipinski definition) is 2. The molecule has 1 fully saturated rings. The summed E-state index contributed by atoms with van der Waals surface area (Å²) in [5, 5.41) is 0.963. The van der Waals surface area contributed by atoms with Crippen LogP contribution in [0.25, 0.3) is 6.08 Å². The number of imide groups is 1. The fourth-order valence-electron chi connectivity index (χ4n) is 2.33. The van der Waals surface area contributed by atoms with Crippen LogP contribution in [-0.4, -0.2) is 11.8 Å². The normalized spacial score (nSPS) is 16.6. The highest BCUT2D eigenvalue weighted by Crippen LogP contribution is 2.29. The van der Waals surface area contributed by atoms with Gasteiger partial charge < -0.3 is 0 Å². The first-order valence-corrected chi connectivity index (χ1v) is 7.40. The molecule has 0 spiro atoms. The van der Waals surface area contributed by atoms with Crippen molar-refractivity contribution in [2.75, 3.05) is 4.90 Å². The highest BCUT2D eigenvalue weighted by molar-refractivity contribution is 6.36. The van der Waals surface area contributed by atoms with Gasteiger partial charge in [-0.25, -0.2) is 4.90 Å². The minimum absolute atomic E-state index is 0.0622. The molecule has 0 unspecified atom stereocenters. The van der Waals surface area contributed by atoms with Crippen molar-refractivity contribution in [3.8, 4) is 0 Å². The van der Waals surface area contributed by atoms with Crippen LogP contribution in [0.2, 0.25) is 10.0 Å². The van der Waals surface area contributed by atoms with E-state index in [1.54, 1.807) is 48.5 Å². The number of hydrogen-bond donors (Lipinski definition) is 0. The van der Waals surface area contributed by atoms with E-state index in [1.807, 2.05) is 6.07 Å². The highest BCUT2D eigenvalue weighted by Gasteiger charge is 2.34. The molecule has 0 radical (unpaired) electrons. The van der Waals surface area contributed by atoms with E-state index in [0.717, 1.165) is 0 Å². The number of nitrogens with zero attached hydrogens (tertiary/aromatic N) is 1. The predicted octanol–water partition coefficient (Wildman–Crippen LogP) is 4.34. The van der Waals surface area contributed by atoms with Crippen LogP contribution in [-0.2, 0) is 9.59 Å². The van der Waals surface area contributed by atoms with Gasteiger partial charge in [-0.2, -0.15) is 0 Å². The quantitative estimate of drug-likeness (QED) is 0.606. The number of benzene rings is 2. The van der Waals surface area contributed by atoms with Crippen molar-refractivity contribution >= 4 is 46.8 Å². The van der Waals surface area contributed by atoms with Gasteiger partial charge in [0, 0.05) is 15.6 Å². The van der Waals surface area contributed by atoms with Crippen LogP contribution in [0.5, 0.6) is 0 Å². The van der Waals surface area contributed by atoms with Gasteiger partial charge in [0.15, 0.2) is 0 Å². The maximum Gasteiger partial charge on any atom is 0.261 e. The molecule has 1 aliphatic heterocycles. The zero-order chi connectivity index (χ0) is 15.7. The van der Waals surface area contributed by atoms with Gasteiger partial charge in [0.2, 0.25) is 5.91 Å². The van der Waals surface area contributed by atoms with E-state index in [4.69, 9.17) is 23.2 Å². The fraction of sp³-hybridized carbons (Fsp3) is 0.0588. The second-order valence-corrected chi connectivity index (χ2v) is 5.73. The lowest BCUT2D eigenvalue weighted by Crippen LogP contribution is -2.28. The monoisotopic (exact) mass is 331 g/mol. The number of anilines is 1. The maximum atomic E-state index is 12.5. The Labute approximate surface area is 137 Å². The van der Waals surface area contributed by atoms with Crippen LogP contribution in [0, 0.1) is 0 Å². The Morgan fingerprint density at radius 2 is 1.73 bits per heavy atom. The van der Waals surface area contributed by atoms with Gasteiger partial charge in [0.25, 0.3) is 5.91 Å². The molecule has 5 heteroatoms. The van der Waals surface area contributed by atoms with E-state index in [0.29, 0.717) is 26.9 Å². The average Bonchev–Trinajstić information content (AvgIpc) is 2.77. The summed E-state index contributed by atoms with van der Waals surface area (Å²) in [6.07, 6.45) is 1.70. The minimum atomic E-state index is -0.317. The molecule has 2 aromatic rings. The number of para-hydroxylation sites is 1. The van der Waals surface area contributed by atoms with E-state index in [2.05, 4.69) is 0 Å². The molecule has 0 saturated carbocycles. The average molecular weight is 332 g/mol. The topological polar surface area (TPSA) is 37.4 Å². The summed E-state index contributed by atoms with van der Waals surface area (Å²) in [7, 11) is 0. The molecule has 0 aliphatic carbocycles. The fourth-order valence-corrected chi connectivity index (χ4v) is 2.79. The maximum absolute atomic E-state index is 12.5. The Bertz CT molecular complexity index is 785. The molecule has 110 valence electrons. The molecule has 0 atom stereocenters. The zero-order valence-electron chi connectivity index (χ0n) is 11.4. The van der Waals surface area contributed by atoms with Crippen molar-refractivity contribution in [3.05, 3.63) is 69.7 Å². The number of carbonyl (C=O) groups excluding carboxylic acids is 2. The number of halogens is 2. The van der Waals surface area contributed by atoms with Crippen molar-refractivity contribution in [2.45, 2.75) is 6.42 Å². The van der Waals surface area contributed by atoms with Gasteiger partial charge in [0.1, 0.15) is 0 Å². The first-order valence-electron chi connectivity index (χ1n) is 6.64. The summed E-state index contributed by atoms with van der Waals surface area (Å²) in [5.41, 5.74) is 1.65. The third-order valence-electron chi connectivity index (χ3n) is 3.38. The van der Waals surface area contributed by atoms with E-state index in [-0.39, 0.29) is 18.2 Å². The van der Waals surface area contributed by atoms with E-state index < -0.39 is 0 Å². The lowest BCUT2D eigenvalue weighted by Gasteiger charge is -2.12. The van der Waals surface area contributed by atoms with E-state index in [9.17, 15) is 9.59 Å². The summed E-state index contributed by atoms with van der Waals surface area (Å²) in [4.78, 5) is 25.8. The summed E-state index contributed by atoms with van der Waals surface area (Å²) < 4.78 is 0. The Morgan fingerprint density at radius 3 is 2.41 bits per heavy atom. The Hall–Kier alpha value is -2.10. The molecule has 1 saturated heterocycles. The molecule has 3 nitrogen and oxygen atoms in total. The standard InChI is InChI=1S/C17H11Cl2NO2/c18-13-7-6-11(15(19)10-13)8-12-9-16(21)20(17(12)22)14-4-2-1-3-5-14/h1-8,10H,9H2/b12-8-. The third kappa shape index (κ3) is 2.78. The van der Waals surface area contributed by atoms with Crippen molar-refractivity contribution < 1.29 is 9.59 Å². The molecule has 1 heterocycles. The van der Waals surface area contributed by atoms with Gasteiger partial charge in [-0.15, -0.1) is 0 Å². The summed E-state index contributed by atoms with van der Waals surface area (Å²) >= 11 is 12.0. The SMILES string of the molecule is O=C1C/C(=C/c2ccc(Cl)cc2Cl)C(=O)N1c1ccccc1. The molecule has 0 bridgehead atoms. The van der Waals surface area contributed by atoms with Gasteiger partial charge in [-0.1, -0.05) is 47.5 Å². The molecular formula is C17H11Cl2NO2. The molecular weight excluding hydrogens is 321 g/mol. The predicted molar refractivity (Wildman–Crippen MR) is 88.0 cm³/mol. The lowest BCUT2D eigenvalue weighted by molar-refractivity contribution is -0.120. The lowest BCUT2D eigenvalue weighted by atomic mass is 10.1. The summed E-state index contributed by atoms with van der Waals surface area (Å²) in [5.74, 6) is -0.560. The van der Waals surface area contributed by atoms with Gasteiger partial charge in [0.05, 0.1) is 12.1 Å². The number of carbonyl (C=O) groups is 2. The minimum Gasteiger partial charge on any atom is -0.274 e. The molecule has 1 aliphatic rings. The first kappa shape index (κ1) is 14.8. The molecule has 0 N–H and O–H groups in total. The van der Waals surface area contributed by atoms with Crippen molar-refractivity contribution in [2.24, 2.45) is 0 Å². The number of amides is 2. The van der Waals surface area contributed by atoms with Gasteiger partial charge >= 0.3 is 0 Å². The third-order valence-corrected chi connectivity index (χ3v) is 3.94. The molecule has 2 aromatic carbocycles. The second kappa shape index (κ2) is 5.95. The largest absolute Gasteiger partial charge is 0.274 e. The second-order valence-electron chi connectivity index (χ2n) is 4.88. The van der Waals surface area contributed by atoms with Crippen LogP contribution >= 0.6 is 23.2 Å². The van der Waals surface area contributed by atoms with Crippen molar-refractivity contribution in [3.63, 3.8) is 0 Å². The van der Waals surface area contributed by atoms with Crippen LogP contribution in [0.1, 0.15) is 12.0 Å². The summed E-state index contributed by atoms with van der Waals surface area (Å²) in [6.45, 7) is 0. The Morgan fingerprint density at radius 1 is 1.00 bits per heavy atom. The first-order chi connectivity index (χ1) is 10.6. The highest BCUT2D eigenvalue weighted by atomic mass is 35.5.